The number of benzene rings is 2. The van der Waals surface area contributed by atoms with Crippen molar-refractivity contribution in [1.82, 2.24) is 0 Å². The summed E-state index contributed by atoms with van der Waals surface area (Å²) in [5.74, 6) is -0.00528. The van der Waals surface area contributed by atoms with E-state index in [0.717, 1.165) is 22.3 Å². The van der Waals surface area contributed by atoms with E-state index in [1.165, 1.54) is 5.56 Å². The Morgan fingerprint density at radius 1 is 1.21 bits per heavy atom. The summed E-state index contributed by atoms with van der Waals surface area (Å²) in [6.07, 6.45) is 0.732. The Balaban J connectivity index is 1.70. The average molecular weight is 317 g/mol. The van der Waals surface area contributed by atoms with Crippen molar-refractivity contribution in [3.8, 4) is 0 Å². The van der Waals surface area contributed by atoms with E-state index in [0.29, 0.717) is 0 Å². The highest BCUT2D eigenvalue weighted by molar-refractivity contribution is 9.10. The monoisotopic (exact) mass is 316 g/mol. The van der Waals surface area contributed by atoms with Crippen LogP contribution < -0.4 is 10.6 Å². The Labute approximate surface area is 120 Å². The standard InChI is InChI=1S/C15H13BrN2O/c16-11-5-3-6-12(9-11)17-15(19)14-8-10-4-1-2-7-13(10)18-14/h1-7,9,14,18H,8H2,(H,17,19). The van der Waals surface area contributed by atoms with Gasteiger partial charge in [0.05, 0.1) is 0 Å². The number of anilines is 2. The van der Waals surface area contributed by atoms with Gasteiger partial charge in [-0.15, -0.1) is 0 Å². The summed E-state index contributed by atoms with van der Waals surface area (Å²) in [5, 5.41) is 6.17. The summed E-state index contributed by atoms with van der Waals surface area (Å²) < 4.78 is 0.952. The number of nitrogens with one attached hydrogen (secondary N) is 2. The molecule has 2 N–H and O–H groups in total. The van der Waals surface area contributed by atoms with Gasteiger partial charge >= 0.3 is 0 Å². The molecule has 1 unspecified atom stereocenters. The van der Waals surface area contributed by atoms with Crippen molar-refractivity contribution >= 4 is 33.2 Å². The third kappa shape index (κ3) is 2.63. The maximum absolute atomic E-state index is 12.2. The second-order valence-electron chi connectivity index (χ2n) is 4.56. The summed E-state index contributed by atoms with van der Waals surface area (Å²) >= 11 is 3.39. The number of para-hydroxylation sites is 1. The molecule has 19 heavy (non-hydrogen) atoms. The van der Waals surface area contributed by atoms with Crippen molar-refractivity contribution in [2.45, 2.75) is 12.5 Å². The molecule has 1 amide bonds. The van der Waals surface area contributed by atoms with Gasteiger partial charge in [-0.3, -0.25) is 4.79 Å². The number of amides is 1. The van der Waals surface area contributed by atoms with Crippen LogP contribution in [0.2, 0.25) is 0 Å². The second kappa shape index (κ2) is 5.05. The van der Waals surface area contributed by atoms with Gasteiger partial charge in [0.25, 0.3) is 0 Å². The largest absolute Gasteiger partial charge is 0.373 e. The Morgan fingerprint density at radius 3 is 2.84 bits per heavy atom. The van der Waals surface area contributed by atoms with Gasteiger partial charge in [-0.1, -0.05) is 40.2 Å². The number of carbonyl (C=O) groups is 1. The SMILES string of the molecule is O=C(Nc1cccc(Br)c1)C1Cc2ccccc2N1. The maximum atomic E-state index is 12.2. The summed E-state index contributed by atoms with van der Waals surface area (Å²) in [7, 11) is 0. The minimum absolute atomic E-state index is 0.00528. The van der Waals surface area contributed by atoms with Crippen molar-refractivity contribution in [2.75, 3.05) is 10.6 Å². The molecular weight excluding hydrogens is 304 g/mol. The minimum atomic E-state index is -0.198. The molecule has 3 rings (SSSR count). The van der Waals surface area contributed by atoms with Gasteiger partial charge in [0.2, 0.25) is 5.91 Å². The van der Waals surface area contributed by atoms with Gasteiger partial charge in [-0.25, -0.2) is 0 Å². The number of fused-ring (bicyclic) bond motifs is 1. The van der Waals surface area contributed by atoms with E-state index < -0.39 is 0 Å². The van der Waals surface area contributed by atoms with Crippen LogP contribution in [-0.2, 0) is 11.2 Å². The highest BCUT2D eigenvalue weighted by Crippen LogP contribution is 2.26. The molecule has 0 saturated carbocycles. The first kappa shape index (κ1) is 12.2. The molecule has 0 radical (unpaired) electrons. The highest BCUT2D eigenvalue weighted by Gasteiger charge is 2.26. The van der Waals surface area contributed by atoms with E-state index in [9.17, 15) is 4.79 Å². The van der Waals surface area contributed by atoms with Gasteiger partial charge in [0.15, 0.2) is 0 Å². The first-order valence-corrected chi connectivity index (χ1v) is 6.92. The second-order valence-corrected chi connectivity index (χ2v) is 5.47. The average Bonchev–Trinajstić information content (AvgIpc) is 2.82. The quantitative estimate of drug-likeness (QED) is 0.891. The highest BCUT2D eigenvalue weighted by atomic mass is 79.9. The molecule has 0 bridgehead atoms. The zero-order valence-corrected chi connectivity index (χ0v) is 11.8. The van der Waals surface area contributed by atoms with Crippen molar-refractivity contribution < 1.29 is 4.79 Å². The number of carbonyl (C=O) groups excluding carboxylic acids is 1. The van der Waals surface area contributed by atoms with Crippen LogP contribution in [0.4, 0.5) is 11.4 Å². The van der Waals surface area contributed by atoms with Gasteiger partial charge < -0.3 is 10.6 Å². The third-order valence-electron chi connectivity index (χ3n) is 3.18. The van der Waals surface area contributed by atoms with Crippen LogP contribution >= 0.6 is 15.9 Å². The third-order valence-corrected chi connectivity index (χ3v) is 3.67. The topological polar surface area (TPSA) is 41.1 Å². The van der Waals surface area contributed by atoms with E-state index in [1.54, 1.807) is 0 Å². The maximum Gasteiger partial charge on any atom is 0.247 e. The molecule has 0 fully saturated rings. The lowest BCUT2D eigenvalue weighted by Gasteiger charge is -2.12. The van der Waals surface area contributed by atoms with Crippen molar-refractivity contribution in [1.29, 1.82) is 0 Å². The van der Waals surface area contributed by atoms with E-state index in [2.05, 4.69) is 32.6 Å². The molecule has 4 heteroatoms. The van der Waals surface area contributed by atoms with Crippen molar-refractivity contribution in [2.24, 2.45) is 0 Å². The summed E-state index contributed by atoms with van der Waals surface area (Å²) in [6, 6.07) is 15.4. The molecule has 1 atom stereocenters. The molecule has 96 valence electrons. The first-order valence-electron chi connectivity index (χ1n) is 6.13. The lowest BCUT2D eigenvalue weighted by Crippen LogP contribution is -2.32. The predicted octanol–water partition coefficient (Wildman–Crippen LogP) is 3.42. The van der Waals surface area contributed by atoms with Crippen molar-refractivity contribution in [3.05, 3.63) is 58.6 Å². The molecule has 2 aromatic rings. The van der Waals surface area contributed by atoms with E-state index in [1.807, 2.05) is 42.5 Å². The zero-order valence-electron chi connectivity index (χ0n) is 10.2. The summed E-state index contributed by atoms with van der Waals surface area (Å²) in [4.78, 5) is 12.2. The summed E-state index contributed by atoms with van der Waals surface area (Å²) in [5.41, 5.74) is 3.05. The minimum Gasteiger partial charge on any atom is -0.373 e. The van der Waals surface area contributed by atoms with E-state index >= 15 is 0 Å². The van der Waals surface area contributed by atoms with Gasteiger partial charge in [-0.2, -0.15) is 0 Å². The van der Waals surface area contributed by atoms with Crippen LogP contribution in [0.3, 0.4) is 0 Å². The Kier molecular flexibility index (Phi) is 3.25. The van der Waals surface area contributed by atoms with Crippen LogP contribution in [0.15, 0.2) is 53.0 Å². The number of hydrogen-bond donors (Lipinski definition) is 2. The van der Waals surface area contributed by atoms with Crippen LogP contribution in [0.1, 0.15) is 5.56 Å². The molecule has 1 aliphatic rings. The van der Waals surface area contributed by atoms with Crippen LogP contribution in [0.5, 0.6) is 0 Å². The molecule has 3 nitrogen and oxygen atoms in total. The Morgan fingerprint density at radius 2 is 2.05 bits per heavy atom. The van der Waals surface area contributed by atoms with Crippen LogP contribution in [0, 0.1) is 0 Å². The molecule has 0 aliphatic carbocycles. The number of hydrogen-bond acceptors (Lipinski definition) is 2. The van der Waals surface area contributed by atoms with Gasteiger partial charge in [0, 0.05) is 22.3 Å². The van der Waals surface area contributed by atoms with E-state index in [4.69, 9.17) is 0 Å². The van der Waals surface area contributed by atoms with Gasteiger partial charge in [0.1, 0.15) is 6.04 Å². The summed E-state index contributed by atoms with van der Waals surface area (Å²) in [6.45, 7) is 0. The molecule has 1 heterocycles. The molecule has 2 aromatic carbocycles. The Bertz CT molecular complexity index is 602. The predicted molar refractivity (Wildman–Crippen MR) is 80.3 cm³/mol. The smallest absolute Gasteiger partial charge is 0.247 e. The van der Waals surface area contributed by atoms with Crippen LogP contribution in [-0.4, -0.2) is 11.9 Å². The number of halogens is 1. The normalized spacial score (nSPS) is 16.6. The van der Waals surface area contributed by atoms with Crippen molar-refractivity contribution in [3.63, 3.8) is 0 Å². The lowest BCUT2D eigenvalue weighted by atomic mass is 10.1. The Hall–Kier alpha value is -1.81. The molecule has 0 spiro atoms. The molecule has 0 saturated heterocycles. The molecule has 1 aliphatic heterocycles. The first-order chi connectivity index (χ1) is 9.22. The fourth-order valence-corrected chi connectivity index (χ4v) is 2.65. The molecule has 0 aromatic heterocycles. The zero-order chi connectivity index (χ0) is 13.2. The van der Waals surface area contributed by atoms with Crippen LogP contribution in [0.25, 0.3) is 0 Å². The number of rotatable bonds is 2. The molecular formula is C15H13BrN2O. The van der Waals surface area contributed by atoms with E-state index in [-0.39, 0.29) is 11.9 Å². The lowest BCUT2D eigenvalue weighted by molar-refractivity contribution is -0.116. The fourth-order valence-electron chi connectivity index (χ4n) is 2.25. The fraction of sp³-hybridized carbons (Fsp3) is 0.133. The van der Waals surface area contributed by atoms with Gasteiger partial charge in [-0.05, 0) is 29.8 Å².